The summed E-state index contributed by atoms with van der Waals surface area (Å²) < 4.78 is 33.8. The highest BCUT2D eigenvalue weighted by Gasteiger charge is 2.34. The van der Waals surface area contributed by atoms with Gasteiger partial charge in [0.05, 0.1) is 14.2 Å². The molecule has 1 aromatic heterocycles. The number of benzene rings is 2. The van der Waals surface area contributed by atoms with Crippen molar-refractivity contribution in [2.24, 2.45) is 0 Å². The third kappa shape index (κ3) is 8.60. The number of carbonyl (C=O) groups is 3. The van der Waals surface area contributed by atoms with Crippen LogP contribution in [0.4, 0.5) is 0 Å². The van der Waals surface area contributed by atoms with Crippen LogP contribution in [0.15, 0.2) is 66.9 Å². The molecular formula is C31H36N2O9. The molecular weight excluding hydrogens is 544 g/mol. The maximum Gasteiger partial charge on any atom is 0.328 e. The molecule has 0 unspecified atom stereocenters. The third-order valence-electron chi connectivity index (χ3n) is 6.15. The van der Waals surface area contributed by atoms with E-state index in [4.69, 9.17) is 28.4 Å². The van der Waals surface area contributed by atoms with Crippen molar-refractivity contribution >= 4 is 17.8 Å². The molecule has 0 spiro atoms. The van der Waals surface area contributed by atoms with Gasteiger partial charge in [0.1, 0.15) is 35.5 Å². The van der Waals surface area contributed by atoms with Gasteiger partial charge in [0.15, 0.2) is 17.5 Å². The molecule has 3 aromatic rings. The Hall–Kier alpha value is -4.80. The van der Waals surface area contributed by atoms with Crippen LogP contribution in [-0.2, 0) is 14.3 Å². The minimum atomic E-state index is -1.09. The van der Waals surface area contributed by atoms with Crippen LogP contribution < -0.4 is 29.0 Å². The van der Waals surface area contributed by atoms with Gasteiger partial charge in [-0.05, 0) is 56.7 Å². The summed E-state index contributed by atoms with van der Waals surface area (Å²) in [4.78, 5) is 41.7. The van der Waals surface area contributed by atoms with Crippen LogP contribution in [0.3, 0.4) is 0 Å². The number of rotatable bonds is 14. The van der Waals surface area contributed by atoms with E-state index in [9.17, 15) is 14.4 Å². The molecule has 0 saturated carbocycles. The van der Waals surface area contributed by atoms with Crippen molar-refractivity contribution in [2.75, 3.05) is 14.2 Å². The number of ether oxygens (including phenoxy) is 6. The minimum absolute atomic E-state index is 0.137. The highest BCUT2D eigenvalue weighted by atomic mass is 16.6. The topological polar surface area (TPSA) is 132 Å². The van der Waals surface area contributed by atoms with Crippen LogP contribution in [-0.4, -0.2) is 61.4 Å². The van der Waals surface area contributed by atoms with Crippen molar-refractivity contribution in [3.63, 3.8) is 0 Å². The summed E-state index contributed by atoms with van der Waals surface area (Å²) >= 11 is 0. The fourth-order valence-corrected chi connectivity index (χ4v) is 4.01. The predicted octanol–water partition coefficient (Wildman–Crippen LogP) is 4.38. The first-order valence-corrected chi connectivity index (χ1v) is 13.4. The molecule has 3 rings (SSSR count). The predicted molar refractivity (Wildman–Crippen MR) is 153 cm³/mol. The molecule has 1 N–H and O–H groups in total. The van der Waals surface area contributed by atoms with E-state index in [0.29, 0.717) is 23.7 Å². The van der Waals surface area contributed by atoms with Crippen molar-refractivity contribution in [2.45, 2.75) is 58.5 Å². The lowest BCUT2D eigenvalue weighted by Crippen LogP contribution is -2.48. The third-order valence-corrected chi connectivity index (χ3v) is 6.15. The summed E-state index contributed by atoms with van der Waals surface area (Å²) in [6.07, 6.45) is -0.129. The molecule has 224 valence electrons. The van der Waals surface area contributed by atoms with Crippen LogP contribution >= 0.6 is 0 Å². The van der Waals surface area contributed by atoms with Crippen molar-refractivity contribution in [1.29, 1.82) is 0 Å². The number of hydrogen-bond acceptors (Lipinski definition) is 10. The van der Waals surface area contributed by atoms with Gasteiger partial charge in [0.2, 0.25) is 5.75 Å². The zero-order chi connectivity index (χ0) is 30.6. The molecule has 0 aliphatic carbocycles. The van der Waals surface area contributed by atoms with Gasteiger partial charge in [0, 0.05) is 19.2 Å². The number of esters is 2. The second kappa shape index (κ2) is 15.3. The monoisotopic (exact) mass is 580 g/mol. The van der Waals surface area contributed by atoms with Gasteiger partial charge in [0.25, 0.3) is 5.91 Å². The number of nitrogens with zero attached hydrogens (tertiary/aromatic N) is 1. The summed E-state index contributed by atoms with van der Waals surface area (Å²) in [6, 6.07) is 16.6. The smallest absolute Gasteiger partial charge is 0.328 e. The zero-order valence-electron chi connectivity index (χ0n) is 24.5. The van der Waals surface area contributed by atoms with E-state index >= 15 is 0 Å². The normalized spacial score (nSPS) is 13.5. The lowest BCUT2D eigenvalue weighted by atomic mass is 10.1. The molecule has 0 aliphatic rings. The van der Waals surface area contributed by atoms with Gasteiger partial charge in [-0.25, -0.2) is 9.78 Å². The van der Waals surface area contributed by atoms with E-state index in [1.165, 1.54) is 33.2 Å². The summed E-state index contributed by atoms with van der Waals surface area (Å²) in [6.45, 7) is 6.29. The largest absolute Gasteiger partial charge is 0.497 e. The van der Waals surface area contributed by atoms with Gasteiger partial charge in [-0.2, -0.15) is 0 Å². The molecule has 0 aliphatic heterocycles. The first-order valence-electron chi connectivity index (χ1n) is 13.4. The fourth-order valence-electron chi connectivity index (χ4n) is 4.01. The Morgan fingerprint density at radius 3 is 2.10 bits per heavy atom. The average Bonchev–Trinajstić information content (AvgIpc) is 2.99. The molecule has 0 saturated heterocycles. The standard InChI is InChI=1S/C31H36N2O9/c1-7-25(41-24-15-13-22(37-5)14-16-24)28(42-23-11-9-8-10-12-23)20(3)39-31(36)19(2)33-30(35)27-29(40-21(4)34)26(38-6)17-18-32-27/h8-20,25,28H,7H2,1-6H3,(H,33,35)/t19-,20-,25-,28-/m0/s1. The first kappa shape index (κ1) is 31.7. The maximum absolute atomic E-state index is 13.1. The highest BCUT2D eigenvalue weighted by molar-refractivity contribution is 5.98. The van der Waals surface area contributed by atoms with Gasteiger partial charge >= 0.3 is 11.9 Å². The molecule has 4 atom stereocenters. The fraction of sp³-hybridized carbons (Fsp3) is 0.355. The van der Waals surface area contributed by atoms with Gasteiger partial charge in [-0.15, -0.1) is 0 Å². The zero-order valence-corrected chi connectivity index (χ0v) is 24.5. The van der Waals surface area contributed by atoms with Crippen LogP contribution in [0.25, 0.3) is 0 Å². The molecule has 0 bridgehead atoms. The number of aromatic nitrogens is 1. The van der Waals surface area contributed by atoms with Crippen LogP contribution in [0.5, 0.6) is 28.7 Å². The number of carbonyl (C=O) groups excluding carboxylic acids is 3. The summed E-state index contributed by atoms with van der Waals surface area (Å²) in [5.74, 6) is -0.293. The van der Waals surface area contributed by atoms with Gasteiger partial charge in [-0.3, -0.25) is 9.59 Å². The number of amides is 1. The maximum atomic E-state index is 13.1. The number of nitrogens with one attached hydrogen (secondary N) is 1. The average molecular weight is 581 g/mol. The van der Waals surface area contributed by atoms with Crippen molar-refractivity contribution < 1.29 is 42.8 Å². The lowest BCUT2D eigenvalue weighted by molar-refractivity contribution is -0.157. The van der Waals surface area contributed by atoms with E-state index in [0.717, 1.165) is 0 Å². The Kier molecular flexibility index (Phi) is 11.5. The second-order valence-corrected chi connectivity index (χ2v) is 9.26. The quantitative estimate of drug-likeness (QED) is 0.274. The van der Waals surface area contributed by atoms with Crippen LogP contribution in [0.2, 0.25) is 0 Å². The van der Waals surface area contributed by atoms with E-state index < -0.39 is 42.2 Å². The highest BCUT2D eigenvalue weighted by Crippen LogP contribution is 2.30. The number of hydrogen-bond donors (Lipinski definition) is 1. The van der Waals surface area contributed by atoms with Crippen molar-refractivity contribution in [1.82, 2.24) is 10.3 Å². The molecule has 0 radical (unpaired) electrons. The van der Waals surface area contributed by atoms with Crippen LogP contribution in [0, 0.1) is 0 Å². The summed E-state index contributed by atoms with van der Waals surface area (Å²) in [5, 5.41) is 2.54. The Morgan fingerprint density at radius 2 is 1.50 bits per heavy atom. The Bertz CT molecular complexity index is 1330. The van der Waals surface area contributed by atoms with Crippen molar-refractivity contribution in [3.05, 3.63) is 72.6 Å². The second-order valence-electron chi connectivity index (χ2n) is 9.26. The molecule has 42 heavy (non-hydrogen) atoms. The molecule has 2 aromatic carbocycles. The SMILES string of the molecule is CC[C@H](Oc1ccc(OC)cc1)[C@@H](Oc1ccccc1)[C@H](C)OC(=O)[C@H](C)NC(=O)c1nccc(OC)c1OC(C)=O. The van der Waals surface area contributed by atoms with E-state index in [2.05, 4.69) is 10.3 Å². The molecule has 0 fully saturated rings. The van der Waals surface area contributed by atoms with E-state index in [-0.39, 0.29) is 17.2 Å². The van der Waals surface area contributed by atoms with Crippen LogP contribution in [0.1, 0.15) is 44.6 Å². The van der Waals surface area contributed by atoms with Crippen molar-refractivity contribution in [3.8, 4) is 28.7 Å². The number of pyridine rings is 1. The Morgan fingerprint density at radius 1 is 0.857 bits per heavy atom. The number of para-hydroxylation sites is 1. The Balaban J connectivity index is 1.76. The van der Waals surface area contributed by atoms with Gasteiger partial charge < -0.3 is 33.7 Å². The van der Waals surface area contributed by atoms with Gasteiger partial charge in [-0.1, -0.05) is 25.1 Å². The molecule has 1 heterocycles. The first-order chi connectivity index (χ1) is 20.2. The number of methoxy groups -OCH3 is 2. The van der Waals surface area contributed by atoms with E-state index in [1.807, 2.05) is 25.1 Å². The van der Waals surface area contributed by atoms with E-state index in [1.54, 1.807) is 50.4 Å². The molecule has 11 heteroatoms. The summed E-state index contributed by atoms with van der Waals surface area (Å²) in [5.41, 5.74) is -0.221. The minimum Gasteiger partial charge on any atom is -0.497 e. The molecule has 1 amide bonds. The Labute approximate surface area is 245 Å². The molecule has 11 nitrogen and oxygen atoms in total. The lowest BCUT2D eigenvalue weighted by Gasteiger charge is -2.32. The summed E-state index contributed by atoms with van der Waals surface area (Å²) in [7, 11) is 2.95.